The number of amides is 3. The molecule has 3 aromatic rings. The molecule has 9 nitrogen and oxygen atoms in total. The number of H-pyrrole nitrogens is 1. The normalized spacial score (nSPS) is 16.0. The van der Waals surface area contributed by atoms with E-state index in [0.717, 1.165) is 68.9 Å². The molecule has 5 rings (SSSR count). The number of urea groups is 1. The Morgan fingerprint density at radius 3 is 2.16 bits per heavy atom. The Bertz CT molecular complexity index is 1240. The number of nitrogens with two attached hydrogens (primary N) is 1. The van der Waals surface area contributed by atoms with Gasteiger partial charge in [-0.15, -0.1) is 0 Å². The molecular formula is C29H37N7O2. The molecule has 0 spiro atoms. The van der Waals surface area contributed by atoms with Crippen LogP contribution in [-0.2, 0) is 13.0 Å². The number of piperazine rings is 1. The van der Waals surface area contributed by atoms with Crippen molar-refractivity contribution in [2.45, 2.75) is 39.2 Å². The summed E-state index contributed by atoms with van der Waals surface area (Å²) in [5, 5.41) is 10.6. The van der Waals surface area contributed by atoms with Gasteiger partial charge in [0, 0.05) is 57.9 Å². The summed E-state index contributed by atoms with van der Waals surface area (Å²) >= 11 is 0. The van der Waals surface area contributed by atoms with E-state index in [1.807, 2.05) is 28.9 Å². The summed E-state index contributed by atoms with van der Waals surface area (Å²) in [4.78, 5) is 31.4. The number of aromatic amines is 1. The van der Waals surface area contributed by atoms with Gasteiger partial charge in [0.25, 0.3) is 5.91 Å². The van der Waals surface area contributed by atoms with E-state index >= 15 is 0 Å². The maximum atomic E-state index is 12.8. The lowest BCUT2D eigenvalue weighted by atomic mass is 10.1. The minimum atomic E-state index is -0.506. The van der Waals surface area contributed by atoms with Crippen LogP contribution in [0.5, 0.6) is 0 Å². The summed E-state index contributed by atoms with van der Waals surface area (Å²) in [5.74, 6) is -0.0320. The Kier molecular flexibility index (Phi) is 7.81. The third-order valence-electron chi connectivity index (χ3n) is 7.53. The monoisotopic (exact) mass is 515 g/mol. The van der Waals surface area contributed by atoms with Gasteiger partial charge in [0.1, 0.15) is 5.56 Å². The largest absolute Gasteiger partial charge is 0.368 e. The quantitative estimate of drug-likeness (QED) is 0.444. The van der Waals surface area contributed by atoms with Gasteiger partial charge in [-0.2, -0.15) is 5.10 Å². The number of primary amides is 1. The van der Waals surface area contributed by atoms with Gasteiger partial charge in [0.15, 0.2) is 5.82 Å². The van der Waals surface area contributed by atoms with E-state index in [1.165, 1.54) is 12.0 Å². The van der Waals surface area contributed by atoms with Gasteiger partial charge >= 0.3 is 6.03 Å². The number of carbonyl (C=O) groups is 2. The predicted molar refractivity (Wildman–Crippen MR) is 149 cm³/mol. The molecule has 0 radical (unpaired) electrons. The first-order chi connectivity index (χ1) is 18.5. The second kappa shape index (κ2) is 11.6. The standard InChI is InChI=1S/C29H37N7O2/c1-21-5-7-23(8-6-21)20-31-28-26(27(30)37)25(32-33-28)19-22-9-11-24(12-10-22)34-15-17-36(18-16-34)29(38)35-13-3-2-4-14-35/h5-12H,2-4,13-20H2,1H3,(H2,30,37)(H2,31,32,33). The Morgan fingerprint density at radius 2 is 1.50 bits per heavy atom. The van der Waals surface area contributed by atoms with Crippen molar-refractivity contribution in [3.63, 3.8) is 0 Å². The van der Waals surface area contributed by atoms with E-state index in [4.69, 9.17) is 5.73 Å². The number of hydrogen-bond donors (Lipinski definition) is 3. The van der Waals surface area contributed by atoms with Crippen molar-refractivity contribution in [1.29, 1.82) is 0 Å². The highest BCUT2D eigenvalue weighted by molar-refractivity contribution is 5.99. The van der Waals surface area contributed by atoms with Crippen LogP contribution in [-0.4, -0.2) is 71.2 Å². The van der Waals surface area contributed by atoms with Gasteiger partial charge in [-0.25, -0.2) is 4.79 Å². The zero-order chi connectivity index (χ0) is 26.5. The fraction of sp³-hybridized carbons (Fsp3) is 0.414. The maximum absolute atomic E-state index is 12.8. The molecule has 2 aliphatic heterocycles. The van der Waals surface area contributed by atoms with Gasteiger partial charge in [0.2, 0.25) is 0 Å². The Hall–Kier alpha value is -4.01. The van der Waals surface area contributed by atoms with Crippen molar-refractivity contribution in [3.05, 3.63) is 76.5 Å². The van der Waals surface area contributed by atoms with E-state index in [9.17, 15) is 9.59 Å². The van der Waals surface area contributed by atoms with Crippen LogP contribution >= 0.6 is 0 Å². The van der Waals surface area contributed by atoms with E-state index in [0.29, 0.717) is 30.0 Å². The number of nitrogens with zero attached hydrogens (tertiary/aromatic N) is 4. The fourth-order valence-corrected chi connectivity index (χ4v) is 5.26. The fourth-order valence-electron chi connectivity index (χ4n) is 5.26. The van der Waals surface area contributed by atoms with Crippen LogP contribution in [0.15, 0.2) is 48.5 Å². The van der Waals surface area contributed by atoms with E-state index in [2.05, 4.69) is 56.8 Å². The second-order valence-corrected chi connectivity index (χ2v) is 10.3. The first-order valence-corrected chi connectivity index (χ1v) is 13.5. The zero-order valence-electron chi connectivity index (χ0n) is 22.1. The molecule has 0 bridgehead atoms. The van der Waals surface area contributed by atoms with Crippen LogP contribution < -0.4 is 16.0 Å². The summed E-state index contributed by atoms with van der Waals surface area (Å²) in [7, 11) is 0. The predicted octanol–water partition coefficient (Wildman–Crippen LogP) is 3.75. The number of piperidine rings is 1. The van der Waals surface area contributed by atoms with Crippen molar-refractivity contribution in [1.82, 2.24) is 20.0 Å². The third-order valence-corrected chi connectivity index (χ3v) is 7.53. The van der Waals surface area contributed by atoms with Gasteiger partial charge in [-0.3, -0.25) is 9.89 Å². The molecule has 2 saturated heterocycles. The lowest BCUT2D eigenvalue weighted by molar-refractivity contribution is 0.1000. The van der Waals surface area contributed by atoms with E-state index in [1.54, 1.807) is 0 Å². The number of aryl methyl sites for hydroxylation is 1. The summed E-state index contributed by atoms with van der Waals surface area (Å²) in [6.45, 7) is 7.50. The average Bonchev–Trinajstić information content (AvgIpc) is 3.36. The molecule has 0 atom stereocenters. The first-order valence-electron chi connectivity index (χ1n) is 13.5. The highest BCUT2D eigenvalue weighted by Gasteiger charge is 2.26. The molecule has 2 aromatic carbocycles. The Morgan fingerprint density at radius 1 is 0.868 bits per heavy atom. The third kappa shape index (κ3) is 5.93. The number of nitrogens with one attached hydrogen (secondary N) is 2. The number of likely N-dealkylation sites (tertiary alicyclic amines) is 1. The minimum Gasteiger partial charge on any atom is -0.368 e. The molecule has 2 aliphatic rings. The smallest absolute Gasteiger partial charge is 0.320 e. The maximum Gasteiger partial charge on any atom is 0.320 e. The number of carbonyl (C=O) groups excluding carboxylic acids is 2. The number of benzene rings is 2. The van der Waals surface area contributed by atoms with E-state index in [-0.39, 0.29) is 6.03 Å². The minimum absolute atomic E-state index is 0.192. The topological polar surface area (TPSA) is 111 Å². The highest BCUT2D eigenvalue weighted by atomic mass is 16.2. The number of rotatable bonds is 7. The second-order valence-electron chi connectivity index (χ2n) is 10.3. The molecule has 1 aromatic heterocycles. The van der Waals surface area contributed by atoms with Gasteiger partial charge in [-0.05, 0) is 49.4 Å². The number of anilines is 2. The molecule has 4 N–H and O–H groups in total. The summed E-state index contributed by atoms with van der Waals surface area (Å²) in [6, 6.07) is 16.8. The summed E-state index contributed by atoms with van der Waals surface area (Å²) < 4.78 is 0. The Labute approximate surface area is 224 Å². The summed E-state index contributed by atoms with van der Waals surface area (Å²) in [6.07, 6.45) is 3.98. The molecule has 0 aliphatic carbocycles. The highest BCUT2D eigenvalue weighted by Crippen LogP contribution is 2.23. The lowest BCUT2D eigenvalue weighted by Crippen LogP contribution is -2.53. The molecule has 9 heteroatoms. The SMILES string of the molecule is Cc1ccc(CNc2n[nH]c(Cc3ccc(N4CCN(C(=O)N5CCCCC5)CC4)cc3)c2C(N)=O)cc1. The van der Waals surface area contributed by atoms with Crippen molar-refractivity contribution >= 4 is 23.4 Å². The number of aromatic nitrogens is 2. The molecular weight excluding hydrogens is 478 g/mol. The van der Waals surface area contributed by atoms with Crippen LogP contribution in [0.3, 0.4) is 0 Å². The van der Waals surface area contributed by atoms with Gasteiger partial charge in [0.05, 0.1) is 5.69 Å². The van der Waals surface area contributed by atoms with Crippen molar-refractivity contribution < 1.29 is 9.59 Å². The van der Waals surface area contributed by atoms with Gasteiger partial charge < -0.3 is 25.8 Å². The molecule has 2 fully saturated rings. The van der Waals surface area contributed by atoms with Crippen LogP contribution in [0.25, 0.3) is 0 Å². The number of hydrogen-bond acceptors (Lipinski definition) is 5. The van der Waals surface area contributed by atoms with Crippen LogP contribution in [0, 0.1) is 6.92 Å². The lowest BCUT2D eigenvalue weighted by Gasteiger charge is -2.39. The van der Waals surface area contributed by atoms with Crippen LogP contribution in [0.2, 0.25) is 0 Å². The summed E-state index contributed by atoms with van der Waals surface area (Å²) in [5.41, 5.74) is 11.3. The molecule has 3 amide bonds. The van der Waals surface area contributed by atoms with Crippen LogP contribution in [0.1, 0.15) is 52.0 Å². The van der Waals surface area contributed by atoms with Gasteiger partial charge in [-0.1, -0.05) is 42.0 Å². The van der Waals surface area contributed by atoms with Crippen molar-refractivity contribution in [2.24, 2.45) is 5.73 Å². The van der Waals surface area contributed by atoms with E-state index < -0.39 is 5.91 Å². The van der Waals surface area contributed by atoms with Crippen molar-refractivity contribution in [2.75, 3.05) is 49.5 Å². The molecule has 0 unspecified atom stereocenters. The molecule has 3 heterocycles. The van der Waals surface area contributed by atoms with Crippen molar-refractivity contribution in [3.8, 4) is 0 Å². The Balaban J connectivity index is 1.18. The average molecular weight is 516 g/mol. The molecule has 200 valence electrons. The van der Waals surface area contributed by atoms with Crippen LogP contribution in [0.4, 0.5) is 16.3 Å². The molecule has 38 heavy (non-hydrogen) atoms. The molecule has 0 saturated carbocycles. The zero-order valence-corrected chi connectivity index (χ0v) is 22.1. The first kappa shape index (κ1) is 25.6.